The summed E-state index contributed by atoms with van der Waals surface area (Å²) in [6, 6.07) is 0. The van der Waals surface area contributed by atoms with Crippen molar-refractivity contribution in [2.45, 2.75) is 56.9 Å². The summed E-state index contributed by atoms with van der Waals surface area (Å²) in [6.45, 7) is 7.78. The molecule has 4 rings (SSSR count). The normalized spacial score (nSPS) is 33.5. The van der Waals surface area contributed by atoms with Gasteiger partial charge in [-0.05, 0) is 63.5 Å². The highest BCUT2D eigenvalue weighted by Crippen LogP contribution is 2.36. The summed E-state index contributed by atoms with van der Waals surface area (Å²) in [6.07, 6.45) is 10.7. The second-order valence-corrected chi connectivity index (χ2v) is 8.64. The molecule has 5 heteroatoms. The zero-order chi connectivity index (χ0) is 17.1. The van der Waals surface area contributed by atoms with E-state index in [0.717, 1.165) is 50.4 Å². The molecule has 2 unspecified atom stereocenters. The molecule has 25 heavy (non-hydrogen) atoms. The van der Waals surface area contributed by atoms with E-state index < -0.39 is 0 Å². The smallest absolute Gasteiger partial charge is 0.193 e. The highest BCUT2D eigenvalue weighted by Gasteiger charge is 2.41. The van der Waals surface area contributed by atoms with Gasteiger partial charge in [0.2, 0.25) is 0 Å². The van der Waals surface area contributed by atoms with Gasteiger partial charge in [0, 0.05) is 45.4 Å². The van der Waals surface area contributed by atoms with Gasteiger partial charge in [-0.15, -0.1) is 0 Å². The molecule has 3 aliphatic heterocycles. The average molecular weight is 349 g/mol. The van der Waals surface area contributed by atoms with Crippen LogP contribution in [0.4, 0.5) is 0 Å². The molecule has 1 aliphatic carbocycles. The Morgan fingerprint density at radius 2 is 1.68 bits per heavy atom. The number of ether oxygens (including phenoxy) is 1. The van der Waals surface area contributed by atoms with Gasteiger partial charge in [-0.25, -0.2) is 0 Å². The van der Waals surface area contributed by atoms with Gasteiger partial charge in [-0.2, -0.15) is 0 Å². The van der Waals surface area contributed by atoms with E-state index in [9.17, 15) is 0 Å². The van der Waals surface area contributed by atoms with E-state index in [1.54, 1.807) is 0 Å². The number of hydrogen-bond acceptors (Lipinski definition) is 3. The van der Waals surface area contributed by atoms with Crippen molar-refractivity contribution in [2.24, 2.45) is 16.8 Å². The molecule has 1 saturated carbocycles. The first-order valence-electron chi connectivity index (χ1n) is 10.6. The Bertz CT molecular complexity index is 454. The Morgan fingerprint density at radius 3 is 2.28 bits per heavy atom. The lowest BCUT2D eigenvalue weighted by molar-refractivity contribution is -0.0166. The van der Waals surface area contributed by atoms with Gasteiger partial charge in [-0.3, -0.25) is 9.89 Å². The minimum Gasteiger partial charge on any atom is -0.381 e. The number of likely N-dealkylation sites (tertiary alicyclic amines) is 2. The summed E-state index contributed by atoms with van der Waals surface area (Å²) >= 11 is 0. The Balaban J connectivity index is 1.39. The first-order valence-corrected chi connectivity index (χ1v) is 10.6. The average Bonchev–Trinajstić information content (AvgIpc) is 3.33. The lowest BCUT2D eigenvalue weighted by Crippen LogP contribution is -2.58. The van der Waals surface area contributed by atoms with Crippen LogP contribution in [0.3, 0.4) is 0 Å². The van der Waals surface area contributed by atoms with Crippen LogP contribution in [0.5, 0.6) is 0 Å². The zero-order valence-electron chi connectivity index (χ0n) is 16.0. The first-order chi connectivity index (χ1) is 12.3. The number of aliphatic imine (C=N–C) groups is 1. The number of nitrogens with zero attached hydrogens (tertiary/aromatic N) is 3. The quantitative estimate of drug-likeness (QED) is 0.628. The number of nitrogens with one attached hydrogen (secondary N) is 1. The molecule has 0 spiro atoms. The Labute approximate surface area is 153 Å². The fourth-order valence-corrected chi connectivity index (χ4v) is 5.70. The minimum atomic E-state index is 0.275. The first kappa shape index (κ1) is 17.6. The van der Waals surface area contributed by atoms with Crippen LogP contribution in [0.25, 0.3) is 0 Å². The fourth-order valence-electron chi connectivity index (χ4n) is 5.70. The summed E-state index contributed by atoms with van der Waals surface area (Å²) in [5.74, 6) is 2.95. The predicted molar refractivity (Wildman–Crippen MR) is 102 cm³/mol. The molecule has 5 nitrogen and oxygen atoms in total. The largest absolute Gasteiger partial charge is 0.381 e. The van der Waals surface area contributed by atoms with Gasteiger partial charge in [-0.1, -0.05) is 12.8 Å². The summed E-state index contributed by atoms with van der Waals surface area (Å²) in [5, 5.41) is 3.79. The highest BCUT2D eigenvalue weighted by molar-refractivity contribution is 5.80. The molecule has 142 valence electrons. The standard InChI is InChI=1S/C20H36N4O/c1-21-19(23-14-17-6-2-3-7-18(17)15-23)22-16-20(8-12-25-13-9-20)24-10-4-5-11-24/h17-18H,2-16H2,1H3,(H,21,22). The predicted octanol–water partition coefficient (Wildman–Crippen LogP) is 2.33. The summed E-state index contributed by atoms with van der Waals surface area (Å²) in [5.41, 5.74) is 0.275. The van der Waals surface area contributed by atoms with Crippen LogP contribution in [-0.2, 0) is 4.74 Å². The van der Waals surface area contributed by atoms with Crippen LogP contribution in [0.15, 0.2) is 4.99 Å². The molecule has 2 atom stereocenters. The van der Waals surface area contributed by atoms with E-state index in [0.29, 0.717) is 0 Å². The monoisotopic (exact) mass is 348 g/mol. The summed E-state index contributed by atoms with van der Waals surface area (Å²) in [4.78, 5) is 9.93. The van der Waals surface area contributed by atoms with Gasteiger partial charge in [0.25, 0.3) is 0 Å². The Morgan fingerprint density at radius 1 is 1.04 bits per heavy atom. The minimum absolute atomic E-state index is 0.275. The molecule has 0 amide bonds. The molecule has 0 aromatic heterocycles. The molecule has 4 aliphatic rings. The molecule has 3 heterocycles. The van der Waals surface area contributed by atoms with Crippen molar-refractivity contribution in [3.05, 3.63) is 0 Å². The molecular weight excluding hydrogens is 312 g/mol. The molecular formula is C20H36N4O. The fraction of sp³-hybridized carbons (Fsp3) is 0.950. The lowest BCUT2D eigenvalue weighted by atomic mass is 9.82. The van der Waals surface area contributed by atoms with Crippen molar-refractivity contribution in [1.29, 1.82) is 0 Å². The van der Waals surface area contributed by atoms with E-state index in [2.05, 4.69) is 20.1 Å². The summed E-state index contributed by atoms with van der Waals surface area (Å²) in [7, 11) is 1.96. The molecule has 0 aromatic carbocycles. The second kappa shape index (κ2) is 7.83. The molecule has 0 aromatic rings. The Kier molecular flexibility index (Phi) is 5.51. The third-order valence-electron chi connectivity index (χ3n) is 7.26. The van der Waals surface area contributed by atoms with Crippen LogP contribution in [0.2, 0.25) is 0 Å². The lowest BCUT2D eigenvalue weighted by Gasteiger charge is -2.45. The van der Waals surface area contributed by atoms with Crippen molar-refractivity contribution in [3.8, 4) is 0 Å². The van der Waals surface area contributed by atoms with Gasteiger partial charge < -0.3 is 15.0 Å². The molecule has 4 fully saturated rings. The van der Waals surface area contributed by atoms with E-state index in [1.165, 1.54) is 64.7 Å². The van der Waals surface area contributed by atoms with Crippen molar-refractivity contribution in [2.75, 3.05) is 53.0 Å². The third kappa shape index (κ3) is 3.68. The van der Waals surface area contributed by atoms with Gasteiger partial charge in [0.1, 0.15) is 0 Å². The molecule has 0 bridgehead atoms. The maximum atomic E-state index is 5.69. The number of guanidine groups is 1. The van der Waals surface area contributed by atoms with Crippen molar-refractivity contribution >= 4 is 5.96 Å². The number of hydrogen-bond donors (Lipinski definition) is 1. The van der Waals surface area contributed by atoms with Crippen LogP contribution in [0, 0.1) is 11.8 Å². The molecule has 3 saturated heterocycles. The van der Waals surface area contributed by atoms with Crippen LogP contribution in [0.1, 0.15) is 51.4 Å². The van der Waals surface area contributed by atoms with Gasteiger partial charge in [0.15, 0.2) is 5.96 Å². The van der Waals surface area contributed by atoms with E-state index in [-0.39, 0.29) is 5.54 Å². The zero-order valence-corrected chi connectivity index (χ0v) is 16.0. The van der Waals surface area contributed by atoms with Crippen molar-refractivity contribution in [1.82, 2.24) is 15.1 Å². The van der Waals surface area contributed by atoms with Gasteiger partial charge >= 0.3 is 0 Å². The number of fused-ring (bicyclic) bond motifs is 1. The van der Waals surface area contributed by atoms with E-state index >= 15 is 0 Å². The Hall–Kier alpha value is -0.810. The third-order valence-corrected chi connectivity index (χ3v) is 7.26. The SMILES string of the molecule is CN=C(NCC1(N2CCCC2)CCOCC1)N1CC2CCCCC2C1. The highest BCUT2D eigenvalue weighted by atomic mass is 16.5. The maximum Gasteiger partial charge on any atom is 0.193 e. The van der Waals surface area contributed by atoms with Crippen LogP contribution < -0.4 is 5.32 Å². The molecule has 1 N–H and O–H groups in total. The van der Waals surface area contributed by atoms with E-state index in [1.807, 2.05) is 7.05 Å². The second-order valence-electron chi connectivity index (χ2n) is 8.64. The van der Waals surface area contributed by atoms with E-state index in [4.69, 9.17) is 4.74 Å². The summed E-state index contributed by atoms with van der Waals surface area (Å²) < 4.78 is 5.69. The number of rotatable bonds is 3. The maximum absolute atomic E-state index is 5.69. The topological polar surface area (TPSA) is 40.1 Å². The van der Waals surface area contributed by atoms with Crippen molar-refractivity contribution < 1.29 is 4.74 Å². The molecule has 0 radical (unpaired) electrons. The van der Waals surface area contributed by atoms with Crippen molar-refractivity contribution in [3.63, 3.8) is 0 Å². The van der Waals surface area contributed by atoms with Gasteiger partial charge in [0.05, 0.1) is 0 Å². The van der Waals surface area contributed by atoms with Crippen LogP contribution >= 0.6 is 0 Å². The van der Waals surface area contributed by atoms with Crippen LogP contribution in [-0.4, -0.2) is 74.3 Å².